The Hall–Kier alpha value is -2.38. The molecule has 0 unspecified atom stereocenters. The van der Waals surface area contributed by atoms with Gasteiger partial charge in [0.25, 0.3) is 0 Å². The van der Waals surface area contributed by atoms with E-state index in [0.717, 1.165) is 28.9 Å². The first-order valence-electron chi connectivity index (χ1n) is 10.8. The summed E-state index contributed by atoms with van der Waals surface area (Å²) in [5.41, 5.74) is 2.88. The highest BCUT2D eigenvalue weighted by Crippen LogP contribution is 2.25. The minimum absolute atomic E-state index is 0.000914. The van der Waals surface area contributed by atoms with Crippen LogP contribution < -0.4 is 10.1 Å². The van der Waals surface area contributed by atoms with Crippen molar-refractivity contribution in [1.29, 1.82) is 0 Å². The summed E-state index contributed by atoms with van der Waals surface area (Å²) in [6.07, 6.45) is 1.86. The third-order valence-corrected chi connectivity index (χ3v) is 7.74. The zero-order chi connectivity index (χ0) is 22.4. The van der Waals surface area contributed by atoms with E-state index >= 15 is 0 Å². The Bertz CT molecular complexity index is 981. The standard InChI is InChI=1S/C24H32N2O4S/c1-4-23(20-8-10-22(30-3)11-9-20)25-24(27)21-12-14-26(15-13-21)31(28,29)17-19-7-5-6-18(2)16-19/h5-11,16,21,23H,4,12-15,17H2,1-3H3,(H,25,27)/t23-/m0/s1. The number of sulfonamides is 1. The highest BCUT2D eigenvalue weighted by molar-refractivity contribution is 7.88. The number of rotatable bonds is 8. The van der Waals surface area contributed by atoms with Crippen LogP contribution >= 0.6 is 0 Å². The van der Waals surface area contributed by atoms with E-state index in [0.29, 0.717) is 25.9 Å². The molecule has 1 fully saturated rings. The number of benzene rings is 2. The number of amides is 1. The molecular formula is C24H32N2O4S. The van der Waals surface area contributed by atoms with E-state index in [1.54, 1.807) is 7.11 Å². The molecular weight excluding hydrogens is 412 g/mol. The molecule has 1 heterocycles. The Labute approximate surface area is 185 Å². The highest BCUT2D eigenvalue weighted by Gasteiger charge is 2.31. The third-order valence-electron chi connectivity index (χ3n) is 5.89. The van der Waals surface area contributed by atoms with Crippen molar-refractivity contribution in [3.05, 3.63) is 65.2 Å². The van der Waals surface area contributed by atoms with Gasteiger partial charge in [0.2, 0.25) is 15.9 Å². The van der Waals surface area contributed by atoms with Gasteiger partial charge in [-0.2, -0.15) is 0 Å². The molecule has 2 aromatic carbocycles. The summed E-state index contributed by atoms with van der Waals surface area (Å²) in [4.78, 5) is 12.8. The number of carbonyl (C=O) groups excluding carboxylic acids is 1. The fraction of sp³-hybridized carbons (Fsp3) is 0.458. The van der Waals surface area contributed by atoms with Gasteiger partial charge in [-0.25, -0.2) is 12.7 Å². The lowest BCUT2D eigenvalue weighted by atomic mass is 9.95. The number of carbonyl (C=O) groups is 1. The zero-order valence-corrected chi connectivity index (χ0v) is 19.3. The van der Waals surface area contributed by atoms with E-state index < -0.39 is 10.0 Å². The van der Waals surface area contributed by atoms with Crippen LogP contribution in [0.3, 0.4) is 0 Å². The van der Waals surface area contributed by atoms with Gasteiger partial charge in [-0.1, -0.05) is 48.9 Å². The molecule has 2 aromatic rings. The number of methoxy groups -OCH3 is 1. The molecule has 1 amide bonds. The first-order chi connectivity index (χ1) is 14.8. The molecule has 0 bridgehead atoms. The van der Waals surface area contributed by atoms with Crippen LogP contribution in [-0.4, -0.2) is 38.8 Å². The first kappa shape index (κ1) is 23.3. The average molecular weight is 445 g/mol. The van der Waals surface area contributed by atoms with E-state index in [4.69, 9.17) is 4.74 Å². The van der Waals surface area contributed by atoms with Gasteiger partial charge in [0.05, 0.1) is 18.9 Å². The first-order valence-corrected chi connectivity index (χ1v) is 12.4. The number of aryl methyl sites for hydroxylation is 1. The number of piperidine rings is 1. The summed E-state index contributed by atoms with van der Waals surface area (Å²) in [5, 5.41) is 3.14. The molecule has 1 N–H and O–H groups in total. The predicted octanol–water partition coefficient (Wildman–Crippen LogP) is 3.81. The lowest BCUT2D eigenvalue weighted by molar-refractivity contribution is -0.126. The Morgan fingerprint density at radius 3 is 2.42 bits per heavy atom. The van der Waals surface area contributed by atoms with Crippen LogP contribution in [0.1, 0.15) is 48.9 Å². The van der Waals surface area contributed by atoms with Gasteiger partial charge >= 0.3 is 0 Å². The number of hydrogen-bond donors (Lipinski definition) is 1. The molecule has 7 heteroatoms. The SMILES string of the molecule is CC[C@H](NC(=O)C1CCN(S(=O)(=O)Cc2cccc(C)c2)CC1)c1ccc(OC)cc1. The Morgan fingerprint density at radius 2 is 1.84 bits per heavy atom. The van der Waals surface area contributed by atoms with E-state index in [1.165, 1.54) is 4.31 Å². The van der Waals surface area contributed by atoms with Crippen molar-refractivity contribution in [1.82, 2.24) is 9.62 Å². The highest BCUT2D eigenvalue weighted by atomic mass is 32.2. The van der Waals surface area contributed by atoms with Gasteiger partial charge in [0, 0.05) is 19.0 Å². The van der Waals surface area contributed by atoms with Crippen molar-refractivity contribution >= 4 is 15.9 Å². The molecule has 168 valence electrons. The maximum absolute atomic E-state index is 12.8. The normalized spacial score (nSPS) is 16.6. The van der Waals surface area contributed by atoms with Crippen molar-refractivity contribution in [3.8, 4) is 5.75 Å². The Balaban J connectivity index is 1.56. The monoisotopic (exact) mass is 444 g/mol. The quantitative estimate of drug-likeness (QED) is 0.672. The molecule has 0 radical (unpaired) electrons. The summed E-state index contributed by atoms with van der Waals surface area (Å²) in [5.74, 6) is 0.612. The van der Waals surface area contributed by atoms with E-state index in [2.05, 4.69) is 5.32 Å². The van der Waals surface area contributed by atoms with Gasteiger partial charge in [-0.15, -0.1) is 0 Å². The van der Waals surface area contributed by atoms with Crippen molar-refractivity contribution in [2.75, 3.05) is 20.2 Å². The van der Waals surface area contributed by atoms with Crippen LogP contribution in [0.15, 0.2) is 48.5 Å². The van der Waals surface area contributed by atoms with Crippen LogP contribution in [0, 0.1) is 12.8 Å². The zero-order valence-electron chi connectivity index (χ0n) is 18.5. The minimum atomic E-state index is -3.39. The Morgan fingerprint density at radius 1 is 1.16 bits per heavy atom. The maximum atomic E-state index is 12.8. The van der Waals surface area contributed by atoms with Crippen molar-refractivity contribution in [2.45, 2.75) is 44.9 Å². The van der Waals surface area contributed by atoms with Crippen LogP contribution in [0.2, 0.25) is 0 Å². The largest absolute Gasteiger partial charge is 0.497 e. The number of ether oxygens (including phenoxy) is 1. The van der Waals surface area contributed by atoms with Crippen LogP contribution in [0.5, 0.6) is 5.75 Å². The summed E-state index contributed by atoms with van der Waals surface area (Å²) in [7, 11) is -1.76. The number of nitrogens with one attached hydrogen (secondary N) is 1. The molecule has 0 spiro atoms. The van der Waals surface area contributed by atoms with E-state index in [9.17, 15) is 13.2 Å². The van der Waals surface area contributed by atoms with Crippen LogP contribution in [0.4, 0.5) is 0 Å². The third kappa shape index (κ3) is 6.08. The molecule has 6 nitrogen and oxygen atoms in total. The fourth-order valence-corrected chi connectivity index (χ4v) is 5.60. The second kappa shape index (κ2) is 10.3. The molecule has 3 rings (SSSR count). The number of hydrogen-bond acceptors (Lipinski definition) is 4. The lowest BCUT2D eigenvalue weighted by Crippen LogP contribution is -2.44. The number of nitrogens with zero attached hydrogens (tertiary/aromatic N) is 1. The summed E-state index contributed by atoms with van der Waals surface area (Å²) in [6.45, 7) is 4.75. The van der Waals surface area contributed by atoms with Gasteiger partial charge in [0.1, 0.15) is 5.75 Å². The second-order valence-corrected chi connectivity index (χ2v) is 10.1. The Kier molecular flexibility index (Phi) is 7.73. The van der Waals surface area contributed by atoms with Crippen LogP contribution in [0.25, 0.3) is 0 Å². The van der Waals surface area contributed by atoms with E-state index in [1.807, 2.05) is 62.4 Å². The van der Waals surface area contributed by atoms with E-state index in [-0.39, 0.29) is 23.6 Å². The summed E-state index contributed by atoms with van der Waals surface area (Å²) in [6, 6.07) is 15.2. The molecule has 31 heavy (non-hydrogen) atoms. The average Bonchev–Trinajstić information content (AvgIpc) is 2.77. The van der Waals surface area contributed by atoms with Crippen LogP contribution in [-0.2, 0) is 20.6 Å². The van der Waals surface area contributed by atoms with Crippen molar-refractivity contribution < 1.29 is 17.9 Å². The summed E-state index contributed by atoms with van der Waals surface area (Å²) < 4.78 is 32.4. The van der Waals surface area contributed by atoms with Gasteiger partial charge in [0.15, 0.2) is 0 Å². The van der Waals surface area contributed by atoms with Gasteiger partial charge in [-0.3, -0.25) is 4.79 Å². The molecule has 1 saturated heterocycles. The molecule has 0 aromatic heterocycles. The molecule has 1 aliphatic rings. The van der Waals surface area contributed by atoms with Gasteiger partial charge in [-0.05, 0) is 49.4 Å². The molecule has 0 aliphatic carbocycles. The van der Waals surface area contributed by atoms with Crippen molar-refractivity contribution in [3.63, 3.8) is 0 Å². The second-order valence-electron chi connectivity index (χ2n) is 8.16. The summed E-state index contributed by atoms with van der Waals surface area (Å²) >= 11 is 0. The molecule has 1 aliphatic heterocycles. The topological polar surface area (TPSA) is 75.7 Å². The predicted molar refractivity (Wildman–Crippen MR) is 122 cm³/mol. The molecule has 1 atom stereocenters. The maximum Gasteiger partial charge on any atom is 0.223 e. The lowest BCUT2D eigenvalue weighted by Gasteiger charge is -2.31. The minimum Gasteiger partial charge on any atom is -0.497 e. The molecule has 0 saturated carbocycles. The smallest absolute Gasteiger partial charge is 0.223 e. The fourth-order valence-electron chi connectivity index (χ4n) is 4.05. The van der Waals surface area contributed by atoms with Gasteiger partial charge < -0.3 is 10.1 Å². The van der Waals surface area contributed by atoms with Crippen molar-refractivity contribution in [2.24, 2.45) is 5.92 Å².